The molecule has 0 bridgehead atoms. The average molecular weight is 430 g/mol. The van der Waals surface area contributed by atoms with Crippen LogP contribution in [0.4, 0.5) is 28.7 Å². The Morgan fingerprint density at radius 2 is 1.85 bits per heavy atom. The standard InChI is InChI=1S/C18H16BrN5O3/c1-2-27-15-9-4-3-8-14(15)23-18-16(24(25)26)17(20-11-21-18)22-13-7-5-6-12(19)10-13/h3-11H,2H2,1H3,(H2,20,21,22,23). The van der Waals surface area contributed by atoms with Crippen LogP contribution in [0.5, 0.6) is 5.75 Å². The summed E-state index contributed by atoms with van der Waals surface area (Å²) in [6.45, 7) is 2.34. The van der Waals surface area contributed by atoms with E-state index < -0.39 is 4.92 Å². The van der Waals surface area contributed by atoms with Crippen molar-refractivity contribution in [1.29, 1.82) is 0 Å². The van der Waals surface area contributed by atoms with E-state index in [1.807, 2.05) is 25.1 Å². The molecular formula is C18H16BrN5O3. The molecule has 0 spiro atoms. The second-order valence-electron chi connectivity index (χ2n) is 5.37. The molecule has 3 aromatic rings. The Balaban J connectivity index is 1.98. The van der Waals surface area contributed by atoms with Crippen LogP contribution in [0.2, 0.25) is 0 Å². The maximum absolute atomic E-state index is 11.7. The highest BCUT2D eigenvalue weighted by atomic mass is 79.9. The first-order valence-corrected chi connectivity index (χ1v) is 8.88. The smallest absolute Gasteiger partial charge is 0.353 e. The van der Waals surface area contributed by atoms with Gasteiger partial charge in [0.15, 0.2) is 0 Å². The molecule has 2 aromatic carbocycles. The zero-order valence-electron chi connectivity index (χ0n) is 14.3. The van der Waals surface area contributed by atoms with Gasteiger partial charge in [0.2, 0.25) is 11.6 Å². The van der Waals surface area contributed by atoms with Crippen LogP contribution in [0.25, 0.3) is 0 Å². The van der Waals surface area contributed by atoms with Crippen LogP contribution in [0, 0.1) is 10.1 Å². The Hall–Kier alpha value is -3.20. The van der Waals surface area contributed by atoms with Gasteiger partial charge in [0.25, 0.3) is 0 Å². The third kappa shape index (κ3) is 4.50. The molecule has 0 aliphatic heterocycles. The maximum atomic E-state index is 11.7. The van der Waals surface area contributed by atoms with Crippen molar-refractivity contribution in [2.75, 3.05) is 17.2 Å². The lowest BCUT2D eigenvalue weighted by Crippen LogP contribution is -2.06. The first-order chi connectivity index (χ1) is 13.1. The van der Waals surface area contributed by atoms with E-state index in [1.54, 1.807) is 30.3 Å². The van der Waals surface area contributed by atoms with Crippen molar-refractivity contribution in [3.05, 3.63) is 69.4 Å². The highest BCUT2D eigenvalue weighted by molar-refractivity contribution is 9.10. The summed E-state index contributed by atoms with van der Waals surface area (Å²) in [5, 5.41) is 17.7. The molecule has 0 amide bonds. The van der Waals surface area contributed by atoms with Crippen LogP contribution >= 0.6 is 15.9 Å². The van der Waals surface area contributed by atoms with Crippen molar-refractivity contribution >= 4 is 44.6 Å². The minimum absolute atomic E-state index is 0.0691. The Labute approximate surface area is 163 Å². The number of aromatic nitrogens is 2. The van der Waals surface area contributed by atoms with Gasteiger partial charge in [-0.25, -0.2) is 9.97 Å². The number of nitro groups is 1. The Kier molecular flexibility index (Phi) is 5.82. The fraction of sp³-hybridized carbons (Fsp3) is 0.111. The molecule has 0 aliphatic rings. The van der Waals surface area contributed by atoms with Crippen molar-refractivity contribution in [2.24, 2.45) is 0 Å². The Morgan fingerprint density at radius 1 is 1.11 bits per heavy atom. The maximum Gasteiger partial charge on any atom is 0.353 e. The van der Waals surface area contributed by atoms with E-state index in [1.165, 1.54) is 6.33 Å². The van der Waals surface area contributed by atoms with E-state index >= 15 is 0 Å². The van der Waals surface area contributed by atoms with Crippen molar-refractivity contribution in [1.82, 2.24) is 9.97 Å². The van der Waals surface area contributed by atoms with Gasteiger partial charge < -0.3 is 15.4 Å². The van der Waals surface area contributed by atoms with E-state index in [0.29, 0.717) is 23.7 Å². The van der Waals surface area contributed by atoms with Gasteiger partial charge in [-0.05, 0) is 37.3 Å². The summed E-state index contributed by atoms with van der Waals surface area (Å²) in [6.07, 6.45) is 1.26. The topological polar surface area (TPSA) is 102 Å². The Bertz CT molecular complexity index is 967. The number of benzene rings is 2. The van der Waals surface area contributed by atoms with Crippen LogP contribution in [0.3, 0.4) is 0 Å². The Morgan fingerprint density at radius 3 is 2.56 bits per heavy atom. The number of nitrogens with one attached hydrogen (secondary N) is 2. The van der Waals surface area contributed by atoms with Gasteiger partial charge in [-0.1, -0.05) is 34.1 Å². The molecule has 138 valence electrons. The number of anilines is 4. The molecule has 2 N–H and O–H groups in total. The summed E-state index contributed by atoms with van der Waals surface area (Å²) in [6, 6.07) is 14.4. The molecule has 8 nitrogen and oxygen atoms in total. The van der Waals surface area contributed by atoms with E-state index in [9.17, 15) is 10.1 Å². The predicted molar refractivity (Wildman–Crippen MR) is 107 cm³/mol. The monoisotopic (exact) mass is 429 g/mol. The lowest BCUT2D eigenvalue weighted by atomic mass is 10.2. The summed E-state index contributed by atoms with van der Waals surface area (Å²) < 4.78 is 6.39. The van der Waals surface area contributed by atoms with Gasteiger partial charge in [-0.15, -0.1) is 0 Å². The van der Waals surface area contributed by atoms with Crippen LogP contribution in [0.1, 0.15) is 6.92 Å². The van der Waals surface area contributed by atoms with Gasteiger partial charge in [-0.2, -0.15) is 0 Å². The van der Waals surface area contributed by atoms with Gasteiger partial charge in [0, 0.05) is 10.2 Å². The summed E-state index contributed by atoms with van der Waals surface area (Å²) in [4.78, 5) is 19.3. The second kappa shape index (κ2) is 8.45. The van der Waals surface area contributed by atoms with Crippen LogP contribution in [0.15, 0.2) is 59.3 Å². The average Bonchev–Trinajstić information content (AvgIpc) is 2.63. The summed E-state index contributed by atoms with van der Waals surface area (Å²) in [7, 11) is 0. The van der Waals surface area contributed by atoms with E-state index in [4.69, 9.17) is 4.74 Å². The lowest BCUT2D eigenvalue weighted by Gasteiger charge is -2.13. The summed E-state index contributed by atoms with van der Waals surface area (Å²) >= 11 is 3.37. The fourth-order valence-electron chi connectivity index (χ4n) is 2.42. The van der Waals surface area contributed by atoms with Crippen molar-refractivity contribution in [2.45, 2.75) is 6.92 Å². The molecule has 1 heterocycles. The second-order valence-corrected chi connectivity index (χ2v) is 6.28. The molecule has 0 unspecified atom stereocenters. The van der Waals surface area contributed by atoms with Crippen LogP contribution in [-0.2, 0) is 0 Å². The van der Waals surface area contributed by atoms with Crippen LogP contribution < -0.4 is 15.4 Å². The predicted octanol–water partition coefficient (Wildman–Crippen LogP) is 5.03. The van der Waals surface area contributed by atoms with Gasteiger partial charge in [-0.3, -0.25) is 10.1 Å². The molecule has 3 rings (SSSR count). The number of hydrogen-bond acceptors (Lipinski definition) is 7. The van der Waals surface area contributed by atoms with Gasteiger partial charge >= 0.3 is 5.69 Å². The largest absolute Gasteiger partial charge is 0.492 e. The molecule has 0 saturated heterocycles. The first kappa shape index (κ1) is 18.6. The van der Waals surface area contributed by atoms with Crippen molar-refractivity contribution < 1.29 is 9.66 Å². The SMILES string of the molecule is CCOc1ccccc1Nc1ncnc(Nc2cccc(Br)c2)c1[N+](=O)[O-]. The molecule has 0 saturated carbocycles. The van der Waals surface area contributed by atoms with E-state index in [2.05, 4.69) is 36.5 Å². The zero-order chi connectivity index (χ0) is 19.2. The number of hydrogen-bond donors (Lipinski definition) is 2. The van der Waals surface area contributed by atoms with Crippen molar-refractivity contribution in [3.8, 4) is 5.75 Å². The lowest BCUT2D eigenvalue weighted by molar-refractivity contribution is -0.383. The number of rotatable bonds is 7. The van der Waals surface area contributed by atoms with Crippen molar-refractivity contribution in [3.63, 3.8) is 0 Å². The first-order valence-electron chi connectivity index (χ1n) is 8.09. The molecule has 9 heteroatoms. The molecule has 27 heavy (non-hydrogen) atoms. The minimum atomic E-state index is -0.522. The van der Waals surface area contributed by atoms with E-state index in [-0.39, 0.29) is 17.3 Å². The number of para-hydroxylation sites is 2. The summed E-state index contributed by atoms with van der Waals surface area (Å²) in [5.41, 5.74) is 0.977. The highest BCUT2D eigenvalue weighted by Crippen LogP contribution is 2.35. The zero-order valence-corrected chi connectivity index (χ0v) is 15.9. The number of nitrogens with zero attached hydrogens (tertiary/aromatic N) is 3. The van der Waals surface area contributed by atoms with Crippen LogP contribution in [-0.4, -0.2) is 21.5 Å². The minimum Gasteiger partial charge on any atom is -0.492 e. The molecule has 0 atom stereocenters. The molecule has 0 radical (unpaired) electrons. The molecule has 0 fully saturated rings. The highest BCUT2D eigenvalue weighted by Gasteiger charge is 2.24. The third-order valence-corrected chi connectivity index (χ3v) is 4.03. The van der Waals surface area contributed by atoms with Gasteiger partial charge in [0.1, 0.15) is 12.1 Å². The number of halogens is 1. The number of ether oxygens (including phenoxy) is 1. The molecular weight excluding hydrogens is 414 g/mol. The third-order valence-electron chi connectivity index (χ3n) is 3.53. The van der Waals surface area contributed by atoms with Gasteiger partial charge in [0.05, 0.1) is 17.2 Å². The summed E-state index contributed by atoms with van der Waals surface area (Å²) in [5.74, 6) is 0.735. The molecule has 1 aromatic heterocycles. The molecule has 0 aliphatic carbocycles. The van der Waals surface area contributed by atoms with E-state index in [0.717, 1.165) is 4.47 Å². The fourth-order valence-corrected chi connectivity index (χ4v) is 2.82. The quantitative estimate of drug-likeness (QED) is 0.400. The normalized spacial score (nSPS) is 10.3.